The first-order valence-electron chi connectivity index (χ1n) is 5.24. The van der Waals surface area contributed by atoms with Crippen LogP contribution in [-0.4, -0.2) is 28.1 Å². The fourth-order valence-electron chi connectivity index (χ4n) is 1.63. The monoisotopic (exact) mass is 289 g/mol. The lowest BCUT2D eigenvalue weighted by atomic mass is 9.99. The number of aromatic nitrogens is 3. The van der Waals surface area contributed by atoms with Crippen molar-refractivity contribution in [1.29, 1.82) is 0 Å². The fraction of sp³-hybridized carbons (Fsp3) is 0.700. The van der Waals surface area contributed by atoms with E-state index in [1.165, 1.54) is 7.11 Å². The lowest BCUT2D eigenvalue weighted by molar-refractivity contribution is -0.142. The van der Waals surface area contributed by atoms with Gasteiger partial charge in [0.25, 0.3) is 0 Å². The van der Waals surface area contributed by atoms with E-state index >= 15 is 0 Å². The second-order valence-corrected chi connectivity index (χ2v) is 4.36. The Labute approximate surface area is 103 Å². The van der Waals surface area contributed by atoms with Crippen LogP contribution in [0, 0.1) is 0 Å². The van der Waals surface area contributed by atoms with Crippen molar-refractivity contribution >= 4 is 21.9 Å². The number of methoxy groups -OCH3 is 1. The normalized spacial score (nSPS) is 12.5. The molecule has 1 aromatic rings. The third-order valence-electron chi connectivity index (χ3n) is 2.49. The molecule has 0 aliphatic carbocycles. The second kappa shape index (κ2) is 5.98. The van der Waals surface area contributed by atoms with Gasteiger partial charge in [-0.05, 0) is 22.4 Å². The third kappa shape index (κ3) is 2.81. The Morgan fingerprint density at radius 1 is 1.62 bits per heavy atom. The maximum atomic E-state index is 11.7. The standard InChI is InChI=1S/C10H16BrN3O2/c1-4-5-6-7(10(15)16-3)8-9(11)12-13-14(8)2/h7H,4-6H2,1-3H3. The summed E-state index contributed by atoms with van der Waals surface area (Å²) in [5.41, 5.74) is 0.778. The van der Waals surface area contributed by atoms with Gasteiger partial charge in [-0.3, -0.25) is 9.48 Å². The Balaban J connectivity index is 2.96. The van der Waals surface area contributed by atoms with E-state index in [-0.39, 0.29) is 11.9 Å². The van der Waals surface area contributed by atoms with Crippen LogP contribution in [0.25, 0.3) is 0 Å². The zero-order valence-corrected chi connectivity index (χ0v) is 11.3. The summed E-state index contributed by atoms with van der Waals surface area (Å²) in [6.45, 7) is 2.09. The third-order valence-corrected chi connectivity index (χ3v) is 3.05. The van der Waals surface area contributed by atoms with Crippen molar-refractivity contribution in [2.24, 2.45) is 7.05 Å². The zero-order valence-electron chi connectivity index (χ0n) is 9.73. The predicted molar refractivity (Wildman–Crippen MR) is 63.0 cm³/mol. The molecule has 0 aromatic carbocycles. The van der Waals surface area contributed by atoms with Crippen LogP contribution in [0.5, 0.6) is 0 Å². The highest BCUT2D eigenvalue weighted by Gasteiger charge is 2.27. The summed E-state index contributed by atoms with van der Waals surface area (Å²) in [5.74, 6) is -0.529. The number of aryl methyl sites for hydroxylation is 1. The molecule has 5 nitrogen and oxygen atoms in total. The molecule has 1 atom stereocenters. The van der Waals surface area contributed by atoms with Crippen molar-refractivity contribution in [2.75, 3.05) is 7.11 Å². The molecule has 0 N–H and O–H groups in total. The molecule has 16 heavy (non-hydrogen) atoms. The molecule has 0 amide bonds. The highest BCUT2D eigenvalue weighted by atomic mass is 79.9. The van der Waals surface area contributed by atoms with E-state index in [1.54, 1.807) is 11.7 Å². The molecule has 0 aliphatic rings. The molecular formula is C10H16BrN3O2. The van der Waals surface area contributed by atoms with Gasteiger partial charge in [0.15, 0.2) is 4.60 Å². The summed E-state index contributed by atoms with van der Waals surface area (Å²) in [5, 5.41) is 7.76. The van der Waals surface area contributed by atoms with E-state index in [0.717, 1.165) is 25.0 Å². The van der Waals surface area contributed by atoms with Crippen LogP contribution < -0.4 is 0 Å². The largest absolute Gasteiger partial charge is 0.469 e. The number of halogens is 1. The first kappa shape index (κ1) is 13.2. The van der Waals surface area contributed by atoms with Gasteiger partial charge in [0.1, 0.15) is 5.92 Å². The van der Waals surface area contributed by atoms with Gasteiger partial charge < -0.3 is 4.74 Å². The molecule has 1 heterocycles. The molecule has 1 rings (SSSR count). The first-order valence-corrected chi connectivity index (χ1v) is 6.04. The Kier molecular flexibility index (Phi) is 4.92. The maximum absolute atomic E-state index is 11.7. The van der Waals surface area contributed by atoms with Gasteiger partial charge in [0, 0.05) is 7.05 Å². The van der Waals surface area contributed by atoms with Gasteiger partial charge in [-0.2, -0.15) is 0 Å². The predicted octanol–water partition coefficient (Wildman–Crippen LogP) is 2.02. The Hall–Kier alpha value is -0.910. The molecule has 0 saturated carbocycles. The van der Waals surface area contributed by atoms with Gasteiger partial charge in [-0.25, -0.2) is 0 Å². The minimum atomic E-state index is -0.292. The molecule has 6 heteroatoms. The van der Waals surface area contributed by atoms with Gasteiger partial charge in [0.2, 0.25) is 0 Å². The highest BCUT2D eigenvalue weighted by Crippen LogP contribution is 2.27. The van der Waals surface area contributed by atoms with Crippen molar-refractivity contribution in [2.45, 2.75) is 32.1 Å². The number of nitrogens with zero attached hydrogens (tertiary/aromatic N) is 3. The lowest BCUT2D eigenvalue weighted by Crippen LogP contribution is -2.18. The van der Waals surface area contributed by atoms with Crippen LogP contribution in [0.15, 0.2) is 4.60 Å². The molecule has 0 radical (unpaired) electrons. The van der Waals surface area contributed by atoms with E-state index in [2.05, 4.69) is 33.2 Å². The molecular weight excluding hydrogens is 274 g/mol. The minimum Gasteiger partial charge on any atom is -0.469 e. The van der Waals surface area contributed by atoms with Crippen molar-refractivity contribution in [3.05, 3.63) is 10.3 Å². The molecule has 0 saturated heterocycles. The van der Waals surface area contributed by atoms with E-state index < -0.39 is 0 Å². The number of esters is 1. The van der Waals surface area contributed by atoms with Gasteiger partial charge in [-0.15, -0.1) is 5.10 Å². The number of carbonyl (C=O) groups excluding carboxylic acids is 1. The summed E-state index contributed by atoms with van der Waals surface area (Å²) >= 11 is 3.30. The van der Waals surface area contributed by atoms with E-state index in [4.69, 9.17) is 4.74 Å². The molecule has 0 fully saturated rings. The fourth-order valence-corrected chi connectivity index (χ4v) is 2.23. The smallest absolute Gasteiger partial charge is 0.314 e. The topological polar surface area (TPSA) is 57.0 Å². The van der Waals surface area contributed by atoms with Crippen LogP contribution >= 0.6 is 15.9 Å². The van der Waals surface area contributed by atoms with E-state index in [0.29, 0.717) is 4.60 Å². The van der Waals surface area contributed by atoms with Gasteiger partial charge in [0.05, 0.1) is 12.8 Å². The number of hydrogen-bond acceptors (Lipinski definition) is 4. The summed E-state index contributed by atoms with van der Waals surface area (Å²) in [6, 6.07) is 0. The Morgan fingerprint density at radius 3 is 2.75 bits per heavy atom. The molecule has 0 aliphatic heterocycles. The maximum Gasteiger partial charge on any atom is 0.314 e. The second-order valence-electron chi connectivity index (χ2n) is 3.61. The quantitative estimate of drug-likeness (QED) is 0.778. The molecule has 0 bridgehead atoms. The number of ether oxygens (including phenoxy) is 1. The van der Waals surface area contributed by atoms with Crippen molar-refractivity contribution in [1.82, 2.24) is 15.0 Å². The van der Waals surface area contributed by atoms with Crippen LogP contribution in [0.4, 0.5) is 0 Å². The van der Waals surface area contributed by atoms with Crippen molar-refractivity contribution < 1.29 is 9.53 Å². The summed E-state index contributed by atoms with van der Waals surface area (Å²) in [6.07, 6.45) is 2.76. The lowest BCUT2D eigenvalue weighted by Gasteiger charge is -2.14. The van der Waals surface area contributed by atoms with Crippen molar-refractivity contribution in [3.63, 3.8) is 0 Å². The van der Waals surface area contributed by atoms with Crippen LogP contribution in [0.1, 0.15) is 37.8 Å². The average Bonchev–Trinajstić information content (AvgIpc) is 2.60. The minimum absolute atomic E-state index is 0.237. The number of unbranched alkanes of at least 4 members (excludes halogenated alkanes) is 1. The van der Waals surface area contributed by atoms with Crippen LogP contribution in [0.2, 0.25) is 0 Å². The Morgan fingerprint density at radius 2 is 2.31 bits per heavy atom. The van der Waals surface area contributed by atoms with Gasteiger partial charge >= 0.3 is 5.97 Å². The summed E-state index contributed by atoms with van der Waals surface area (Å²) in [7, 11) is 3.17. The average molecular weight is 290 g/mol. The number of carbonyl (C=O) groups is 1. The first-order chi connectivity index (χ1) is 7.61. The van der Waals surface area contributed by atoms with Crippen LogP contribution in [-0.2, 0) is 16.6 Å². The molecule has 1 unspecified atom stereocenters. The number of rotatable bonds is 5. The van der Waals surface area contributed by atoms with E-state index in [9.17, 15) is 4.79 Å². The van der Waals surface area contributed by atoms with Gasteiger partial charge in [-0.1, -0.05) is 25.0 Å². The highest BCUT2D eigenvalue weighted by molar-refractivity contribution is 9.10. The number of hydrogen-bond donors (Lipinski definition) is 0. The summed E-state index contributed by atoms with van der Waals surface area (Å²) < 4.78 is 7.04. The molecule has 90 valence electrons. The molecule has 1 aromatic heterocycles. The summed E-state index contributed by atoms with van der Waals surface area (Å²) in [4.78, 5) is 11.7. The Bertz CT molecular complexity index is 345. The van der Waals surface area contributed by atoms with E-state index in [1.807, 2.05) is 0 Å². The molecule has 0 spiro atoms. The van der Waals surface area contributed by atoms with Crippen molar-refractivity contribution in [3.8, 4) is 0 Å². The zero-order chi connectivity index (χ0) is 12.1. The SMILES string of the molecule is CCCCC(C(=O)OC)c1c(Br)nnn1C. The van der Waals surface area contributed by atoms with Crippen LogP contribution in [0.3, 0.4) is 0 Å².